The molecule has 5 atom stereocenters. The second-order valence-corrected chi connectivity index (χ2v) is 11.6. The monoisotopic (exact) mass is 497 g/mol. The summed E-state index contributed by atoms with van der Waals surface area (Å²) < 4.78 is 42.5. The zero-order valence-corrected chi connectivity index (χ0v) is 18.8. The molecule has 1 aromatic carbocycles. The molecule has 0 N–H and O–H groups in total. The van der Waals surface area contributed by atoms with Crippen LogP contribution in [0.5, 0.6) is 5.75 Å². The van der Waals surface area contributed by atoms with Crippen LogP contribution in [0.25, 0.3) is 0 Å². The molecule has 0 radical (unpaired) electrons. The van der Waals surface area contributed by atoms with Gasteiger partial charge in [0.05, 0.1) is 34.7 Å². The van der Waals surface area contributed by atoms with E-state index >= 15 is 0 Å². The molecule has 162 valence electrons. The Hall–Kier alpha value is -1.42. The molecule has 1 aromatic rings. The highest BCUT2D eigenvalue weighted by atomic mass is 79.9. The number of hydrogen-bond donors (Lipinski definition) is 0. The number of para-hydroxylation sites is 1. The van der Waals surface area contributed by atoms with Crippen molar-refractivity contribution >= 4 is 31.6 Å². The number of fused-ring (bicyclic) bond motifs is 3. The number of nitrogens with zero attached hydrogens (tertiary/aromatic N) is 1. The molecule has 3 fully saturated rings. The molecule has 5 rings (SSSR count). The summed E-state index contributed by atoms with van der Waals surface area (Å²) >= 11 is 3.44. The fourth-order valence-corrected chi connectivity index (χ4v) is 7.20. The summed E-state index contributed by atoms with van der Waals surface area (Å²) in [6.07, 6.45) is 3.32. The summed E-state index contributed by atoms with van der Waals surface area (Å²) in [6.45, 7) is 1.13. The van der Waals surface area contributed by atoms with Gasteiger partial charge in [-0.25, -0.2) is 8.42 Å². The number of ether oxygens (including phenoxy) is 3. The van der Waals surface area contributed by atoms with Gasteiger partial charge in [0.25, 0.3) is 0 Å². The number of rotatable bonds is 3. The lowest BCUT2D eigenvalue weighted by Crippen LogP contribution is -2.58. The molecule has 0 bridgehead atoms. The lowest BCUT2D eigenvalue weighted by atomic mass is 9.73. The van der Waals surface area contributed by atoms with Gasteiger partial charge in [0, 0.05) is 18.5 Å². The third-order valence-electron chi connectivity index (χ3n) is 6.65. The molecular formula is C21H24BrNO6S. The second kappa shape index (κ2) is 7.93. The molecule has 0 amide bonds. The number of hydrogen-bond acceptors (Lipinski definition) is 7. The van der Waals surface area contributed by atoms with Crippen molar-refractivity contribution in [3.05, 3.63) is 40.8 Å². The smallest absolute Gasteiger partial charge is 0.208 e. The van der Waals surface area contributed by atoms with Crippen LogP contribution in [0, 0.1) is 11.8 Å². The number of Topliss-reactive ketones (excluding diaryl/α,β-unsaturated/α-hetero) is 1. The molecule has 5 unspecified atom stereocenters. The molecule has 1 aliphatic carbocycles. The van der Waals surface area contributed by atoms with Crippen molar-refractivity contribution < 1.29 is 27.4 Å². The van der Waals surface area contributed by atoms with Crippen molar-refractivity contribution in [2.45, 2.75) is 37.5 Å². The number of carbonyl (C=O) groups is 1. The summed E-state index contributed by atoms with van der Waals surface area (Å²) in [7, 11) is -2.96. The van der Waals surface area contributed by atoms with Crippen molar-refractivity contribution in [2.24, 2.45) is 11.8 Å². The SMILES string of the molecule is O=C1C(Oc2ccccc2Br)=COC2C1CCC1OCN(C3CCS(=O)(=O)C3)CC12. The van der Waals surface area contributed by atoms with E-state index in [1.807, 2.05) is 18.2 Å². The van der Waals surface area contributed by atoms with Crippen LogP contribution < -0.4 is 4.74 Å². The van der Waals surface area contributed by atoms with Gasteiger partial charge in [-0.05, 0) is 47.3 Å². The largest absolute Gasteiger partial charge is 0.493 e. The van der Waals surface area contributed by atoms with Crippen LogP contribution in [0.15, 0.2) is 40.8 Å². The lowest BCUT2D eigenvalue weighted by molar-refractivity contribution is -0.178. The van der Waals surface area contributed by atoms with Crippen molar-refractivity contribution in [3.63, 3.8) is 0 Å². The Morgan fingerprint density at radius 2 is 2.00 bits per heavy atom. The van der Waals surface area contributed by atoms with Crippen LogP contribution in [0.2, 0.25) is 0 Å². The number of benzene rings is 1. The topological polar surface area (TPSA) is 82.1 Å². The predicted octanol–water partition coefficient (Wildman–Crippen LogP) is 2.51. The molecule has 3 heterocycles. The fraction of sp³-hybridized carbons (Fsp3) is 0.571. The van der Waals surface area contributed by atoms with Gasteiger partial charge in [-0.1, -0.05) is 12.1 Å². The maximum Gasteiger partial charge on any atom is 0.208 e. The van der Waals surface area contributed by atoms with Gasteiger partial charge in [-0.2, -0.15) is 0 Å². The normalized spacial score (nSPS) is 35.7. The van der Waals surface area contributed by atoms with Gasteiger partial charge < -0.3 is 14.2 Å². The van der Waals surface area contributed by atoms with Crippen molar-refractivity contribution in [1.82, 2.24) is 4.90 Å². The van der Waals surface area contributed by atoms with E-state index in [1.165, 1.54) is 6.26 Å². The van der Waals surface area contributed by atoms with Gasteiger partial charge in [-0.3, -0.25) is 9.69 Å². The molecule has 7 nitrogen and oxygen atoms in total. The number of sulfone groups is 1. The third-order valence-corrected chi connectivity index (χ3v) is 9.06. The molecular weight excluding hydrogens is 474 g/mol. The van der Waals surface area contributed by atoms with E-state index in [9.17, 15) is 13.2 Å². The first-order chi connectivity index (χ1) is 14.4. The second-order valence-electron chi connectivity index (χ2n) is 8.49. The minimum atomic E-state index is -2.96. The minimum Gasteiger partial charge on any atom is -0.493 e. The first-order valence-corrected chi connectivity index (χ1v) is 12.9. The zero-order chi connectivity index (χ0) is 20.9. The van der Waals surface area contributed by atoms with E-state index < -0.39 is 9.84 Å². The first kappa shape index (κ1) is 20.5. The van der Waals surface area contributed by atoms with E-state index in [0.717, 1.165) is 10.9 Å². The standard InChI is InChI=1S/C21H24BrNO6S/c22-16-3-1-2-4-18(16)29-19-10-27-21-14(20(19)24)5-6-17-15(21)9-23(12-28-17)13-7-8-30(25,26)11-13/h1-4,10,13-15,17,21H,5-9,11-12H2. The summed E-state index contributed by atoms with van der Waals surface area (Å²) in [5.74, 6) is 0.934. The summed E-state index contributed by atoms with van der Waals surface area (Å²) in [5.41, 5.74) is 0. The number of carbonyl (C=O) groups excluding carboxylic acids is 1. The van der Waals surface area contributed by atoms with Crippen LogP contribution in [0.4, 0.5) is 0 Å². The van der Waals surface area contributed by atoms with Crippen molar-refractivity contribution in [3.8, 4) is 5.75 Å². The van der Waals surface area contributed by atoms with E-state index in [4.69, 9.17) is 14.2 Å². The van der Waals surface area contributed by atoms with Crippen molar-refractivity contribution in [2.75, 3.05) is 24.8 Å². The van der Waals surface area contributed by atoms with E-state index in [1.54, 1.807) is 6.07 Å². The minimum absolute atomic E-state index is 0.0134. The zero-order valence-electron chi connectivity index (χ0n) is 16.4. The Labute approximate surface area is 184 Å². The highest BCUT2D eigenvalue weighted by Crippen LogP contribution is 2.41. The maximum absolute atomic E-state index is 13.2. The molecule has 1 saturated carbocycles. The third kappa shape index (κ3) is 3.81. The highest BCUT2D eigenvalue weighted by Gasteiger charge is 2.50. The Morgan fingerprint density at radius 1 is 1.17 bits per heavy atom. The van der Waals surface area contributed by atoms with Crippen LogP contribution in [0.1, 0.15) is 19.3 Å². The van der Waals surface area contributed by atoms with Gasteiger partial charge in [-0.15, -0.1) is 0 Å². The highest BCUT2D eigenvalue weighted by molar-refractivity contribution is 9.10. The summed E-state index contributed by atoms with van der Waals surface area (Å²) in [6, 6.07) is 7.37. The van der Waals surface area contributed by atoms with Gasteiger partial charge >= 0.3 is 0 Å². The van der Waals surface area contributed by atoms with Crippen LogP contribution in [-0.2, 0) is 24.1 Å². The molecule has 3 aliphatic heterocycles. The average Bonchev–Trinajstić information content (AvgIpc) is 3.10. The molecule has 30 heavy (non-hydrogen) atoms. The lowest BCUT2D eigenvalue weighted by Gasteiger charge is -2.49. The predicted molar refractivity (Wildman–Crippen MR) is 112 cm³/mol. The quantitative estimate of drug-likeness (QED) is 0.634. The molecule has 4 aliphatic rings. The van der Waals surface area contributed by atoms with E-state index in [2.05, 4.69) is 20.8 Å². The van der Waals surface area contributed by atoms with E-state index in [0.29, 0.717) is 31.9 Å². The number of halogens is 1. The fourth-order valence-electron chi connectivity index (χ4n) is 5.07. The van der Waals surface area contributed by atoms with E-state index in [-0.39, 0.29) is 53.1 Å². The van der Waals surface area contributed by atoms with Gasteiger partial charge in [0.2, 0.25) is 11.5 Å². The van der Waals surface area contributed by atoms with Crippen LogP contribution in [-0.4, -0.2) is 62.1 Å². The number of ketones is 1. The Kier molecular flexibility index (Phi) is 5.41. The van der Waals surface area contributed by atoms with Gasteiger partial charge in [0.15, 0.2) is 9.84 Å². The Balaban J connectivity index is 1.32. The van der Waals surface area contributed by atoms with Crippen molar-refractivity contribution in [1.29, 1.82) is 0 Å². The Bertz CT molecular complexity index is 979. The summed E-state index contributed by atoms with van der Waals surface area (Å²) in [4.78, 5) is 15.3. The average molecular weight is 498 g/mol. The van der Waals surface area contributed by atoms with Crippen LogP contribution in [0.3, 0.4) is 0 Å². The molecule has 0 aromatic heterocycles. The van der Waals surface area contributed by atoms with Gasteiger partial charge in [0.1, 0.15) is 18.1 Å². The molecule has 0 spiro atoms. The number of allylic oxidation sites excluding steroid dienone is 1. The van der Waals surface area contributed by atoms with Crippen LogP contribution >= 0.6 is 15.9 Å². The maximum atomic E-state index is 13.2. The Morgan fingerprint density at radius 3 is 2.77 bits per heavy atom. The first-order valence-electron chi connectivity index (χ1n) is 10.3. The molecule has 9 heteroatoms. The summed E-state index contributed by atoms with van der Waals surface area (Å²) in [5, 5.41) is 0. The molecule has 2 saturated heterocycles.